The Hall–Kier alpha value is -3.42. The number of nitro benzene ring substituents is 1. The third-order valence-corrected chi connectivity index (χ3v) is 4.58. The quantitative estimate of drug-likeness (QED) is 0.288. The number of hydrogen-bond acceptors (Lipinski definition) is 5. The van der Waals surface area contributed by atoms with Gasteiger partial charge in [0, 0.05) is 41.7 Å². The van der Waals surface area contributed by atoms with Crippen LogP contribution < -0.4 is 5.73 Å². The van der Waals surface area contributed by atoms with Crippen LogP contribution in [0.4, 0.5) is 11.4 Å². The summed E-state index contributed by atoms with van der Waals surface area (Å²) in [5.74, 6) is 1.11. The highest BCUT2D eigenvalue weighted by molar-refractivity contribution is 5.82. The van der Waals surface area contributed by atoms with Gasteiger partial charge >= 0.3 is 0 Å². The van der Waals surface area contributed by atoms with Gasteiger partial charge in [0.1, 0.15) is 0 Å². The number of hydrogen-bond donors (Lipinski definition) is 1. The lowest BCUT2D eigenvalue weighted by Crippen LogP contribution is -2.05. The number of fused-ring (bicyclic) bond motifs is 2. The molecule has 2 N–H and O–H groups in total. The van der Waals surface area contributed by atoms with Crippen LogP contribution in [0.15, 0.2) is 48.8 Å². The van der Waals surface area contributed by atoms with Crippen molar-refractivity contribution in [2.24, 2.45) is 11.8 Å². The fraction of sp³-hybridized carbons (Fsp3) is 0.364. The van der Waals surface area contributed by atoms with Crippen molar-refractivity contribution < 1.29 is 4.92 Å². The first-order valence-electron chi connectivity index (χ1n) is 10.1. The van der Waals surface area contributed by atoms with Gasteiger partial charge in [-0.25, -0.2) is 0 Å². The van der Waals surface area contributed by atoms with Gasteiger partial charge in [-0.1, -0.05) is 27.7 Å². The van der Waals surface area contributed by atoms with E-state index in [2.05, 4.69) is 37.9 Å². The van der Waals surface area contributed by atoms with Crippen LogP contribution in [0.3, 0.4) is 0 Å². The van der Waals surface area contributed by atoms with Gasteiger partial charge in [-0.2, -0.15) is 10.2 Å². The maximum atomic E-state index is 10.6. The zero-order chi connectivity index (χ0) is 21.8. The number of rotatable bonds is 5. The Morgan fingerprint density at radius 2 is 1.40 bits per heavy atom. The predicted octanol–water partition coefficient (Wildman–Crippen LogP) is 4.88. The second-order valence-electron chi connectivity index (χ2n) is 8.26. The van der Waals surface area contributed by atoms with E-state index in [9.17, 15) is 10.1 Å². The van der Waals surface area contributed by atoms with Crippen molar-refractivity contribution in [3.63, 3.8) is 0 Å². The lowest BCUT2D eigenvalue weighted by molar-refractivity contribution is -0.384. The van der Waals surface area contributed by atoms with E-state index in [0.717, 1.165) is 40.6 Å². The molecular formula is C22H28N6O2. The largest absolute Gasteiger partial charge is 0.399 e. The maximum Gasteiger partial charge on any atom is 0.270 e. The molecule has 0 fully saturated rings. The highest BCUT2D eigenvalue weighted by Crippen LogP contribution is 2.21. The average Bonchev–Trinajstić information content (AvgIpc) is 3.25. The monoisotopic (exact) mass is 408 g/mol. The Labute approximate surface area is 175 Å². The molecule has 0 radical (unpaired) electrons. The molecule has 4 aromatic rings. The first-order chi connectivity index (χ1) is 14.2. The molecule has 8 heteroatoms. The topological polar surface area (TPSA) is 105 Å². The van der Waals surface area contributed by atoms with Crippen molar-refractivity contribution in [1.29, 1.82) is 0 Å². The molecule has 2 heterocycles. The van der Waals surface area contributed by atoms with E-state index in [1.54, 1.807) is 18.3 Å². The van der Waals surface area contributed by atoms with Crippen molar-refractivity contribution in [2.45, 2.75) is 40.8 Å². The number of nitro groups is 1. The molecule has 4 rings (SSSR count). The average molecular weight is 409 g/mol. The molecule has 0 amide bonds. The first kappa shape index (κ1) is 21.3. The normalized spacial score (nSPS) is 11.3. The Morgan fingerprint density at radius 3 is 1.90 bits per heavy atom. The van der Waals surface area contributed by atoms with E-state index in [0.29, 0.717) is 11.8 Å². The Balaban J connectivity index is 0.000000172. The summed E-state index contributed by atoms with van der Waals surface area (Å²) in [5.41, 5.74) is 8.70. The van der Waals surface area contributed by atoms with E-state index in [4.69, 9.17) is 5.73 Å². The van der Waals surface area contributed by atoms with E-state index < -0.39 is 0 Å². The van der Waals surface area contributed by atoms with Gasteiger partial charge in [-0.3, -0.25) is 19.5 Å². The van der Waals surface area contributed by atoms with Crippen molar-refractivity contribution >= 4 is 33.2 Å². The van der Waals surface area contributed by atoms with Crippen LogP contribution in [-0.4, -0.2) is 24.5 Å². The third kappa shape index (κ3) is 4.94. The molecule has 0 aliphatic rings. The lowest BCUT2D eigenvalue weighted by atomic mass is 10.2. The minimum absolute atomic E-state index is 0.108. The third-order valence-electron chi connectivity index (χ3n) is 4.58. The highest BCUT2D eigenvalue weighted by Gasteiger charge is 2.10. The number of anilines is 1. The second-order valence-corrected chi connectivity index (χ2v) is 8.26. The Morgan fingerprint density at radius 1 is 0.900 bits per heavy atom. The minimum Gasteiger partial charge on any atom is -0.399 e. The molecule has 2 aromatic heterocycles. The first-order valence-corrected chi connectivity index (χ1v) is 10.1. The lowest BCUT2D eigenvalue weighted by Gasteiger charge is -2.06. The fourth-order valence-electron chi connectivity index (χ4n) is 3.28. The summed E-state index contributed by atoms with van der Waals surface area (Å²) in [6.07, 6.45) is 3.54. The summed E-state index contributed by atoms with van der Waals surface area (Å²) in [4.78, 5) is 10.2. The van der Waals surface area contributed by atoms with Gasteiger partial charge in [-0.15, -0.1) is 0 Å². The highest BCUT2D eigenvalue weighted by atomic mass is 16.6. The zero-order valence-corrected chi connectivity index (χ0v) is 17.8. The Bertz CT molecular complexity index is 1160. The minimum atomic E-state index is -0.390. The van der Waals surface area contributed by atoms with Crippen LogP contribution in [0.1, 0.15) is 27.7 Å². The van der Waals surface area contributed by atoms with Crippen LogP contribution in [0.5, 0.6) is 0 Å². The van der Waals surface area contributed by atoms with Crippen LogP contribution in [0.2, 0.25) is 0 Å². The molecule has 0 aliphatic heterocycles. The molecule has 2 aromatic carbocycles. The molecule has 0 saturated carbocycles. The molecule has 30 heavy (non-hydrogen) atoms. The summed E-state index contributed by atoms with van der Waals surface area (Å²) in [6.45, 7) is 10.4. The molecule has 0 unspecified atom stereocenters. The second kappa shape index (κ2) is 8.94. The number of non-ortho nitro benzene ring substituents is 1. The molecular weight excluding hydrogens is 380 g/mol. The molecule has 0 atom stereocenters. The van der Waals surface area contributed by atoms with Gasteiger partial charge < -0.3 is 5.73 Å². The smallest absolute Gasteiger partial charge is 0.270 e. The van der Waals surface area contributed by atoms with Crippen LogP contribution in [0, 0.1) is 22.0 Å². The fourth-order valence-corrected chi connectivity index (χ4v) is 3.28. The number of nitrogens with two attached hydrogens (primary N) is 1. The maximum absolute atomic E-state index is 10.6. The molecule has 0 saturated heterocycles. The summed E-state index contributed by atoms with van der Waals surface area (Å²) in [7, 11) is 0. The summed E-state index contributed by atoms with van der Waals surface area (Å²) in [5, 5.41) is 21.1. The zero-order valence-electron chi connectivity index (χ0n) is 17.8. The van der Waals surface area contributed by atoms with E-state index in [1.165, 1.54) is 6.07 Å². The van der Waals surface area contributed by atoms with E-state index >= 15 is 0 Å². The number of nitrogen functional groups attached to an aromatic ring is 1. The van der Waals surface area contributed by atoms with E-state index in [-0.39, 0.29) is 10.6 Å². The SMILES string of the molecule is CC(C)Cn1ncc2cc(N)ccc21.CC(C)Cn1ncc2cc([N+](=O)[O-])ccc21. The van der Waals surface area contributed by atoms with Crippen molar-refractivity contribution in [2.75, 3.05) is 5.73 Å². The van der Waals surface area contributed by atoms with Crippen LogP contribution in [0.25, 0.3) is 21.8 Å². The van der Waals surface area contributed by atoms with Gasteiger partial charge in [0.2, 0.25) is 0 Å². The van der Waals surface area contributed by atoms with Crippen LogP contribution >= 0.6 is 0 Å². The number of benzene rings is 2. The molecule has 158 valence electrons. The van der Waals surface area contributed by atoms with Crippen LogP contribution in [-0.2, 0) is 13.1 Å². The standard InChI is InChI=1S/C11H13N3O2.C11H15N3/c1-8(2)7-13-11-4-3-10(14(15)16)5-9(11)6-12-13;1-8(2)7-14-11-4-3-10(12)5-9(11)6-13-14/h3-6,8H,7H2,1-2H3;3-6,8H,7,12H2,1-2H3. The number of nitrogens with zero attached hydrogens (tertiary/aromatic N) is 5. The van der Waals surface area contributed by atoms with Gasteiger partial charge in [0.05, 0.1) is 28.4 Å². The molecule has 0 aliphatic carbocycles. The number of aromatic nitrogens is 4. The molecule has 0 bridgehead atoms. The van der Waals surface area contributed by atoms with Crippen molar-refractivity contribution in [3.8, 4) is 0 Å². The summed E-state index contributed by atoms with van der Waals surface area (Å²) >= 11 is 0. The van der Waals surface area contributed by atoms with Gasteiger partial charge in [0.15, 0.2) is 0 Å². The van der Waals surface area contributed by atoms with Gasteiger partial charge in [-0.05, 0) is 36.1 Å². The summed E-state index contributed by atoms with van der Waals surface area (Å²) < 4.78 is 3.91. The molecule has 8 nitrogen and oxygen atoms in total. The summed E-state index contributed by atoms with van der Waals surface area (Å²) in [6, 6.07) is 10.7. The van der Waals surface area contributed by atoms with Crippen molar-refractivity contribution in [1.82, 2.24) is 19.6 Å². The molecule has 0 spiro atoms. The van der Waals surface area contributed by atoms with Gasteiger partial charge in [0.25, 0.3) is 5.69 Å². The Kier molecular flexibility index (Phi) is 6.34. The van der Waals surface area contributed by atoms with Crippen molar-refractivity contribution in [3.05, 3.63) is 58.9 Å². The predicted molar refractivity (Wildman–Crippen MR) is 120 cm³/mol. The van der Waals surface area contributed by atoms with E-state index in [1.807, 2.05) is 33.8 Å².